The number of hydrogen-bond donors (Lipinski definition) is 2. The summed E-state index contributed by atoms with van der Waals surface area (Å²) < 4.78 is 73.4. The predicted molar refractivity (Wildman–Crippen MR) is 90.5 cm³/mol. The van der Waals surface area contributed by atoms with Crippen LogP contribution in [0.3, 0.4) is 0 Å². The molecular weight excluding hydrogens is 358 g/mol. The van der Waals surface area contributed by atoms with Gasteiger partial charge in [0.05, 0.1) is 11.1 Å². The van der Waals surface area contributed by atoms with Crippen LogP contribution in [0.15, 0.2) is 36.4 Å². The number of halogens is 6. The third kappa shape index (κ3) is 6.50. The Hall–Kier alpha value is -2.38. The molecule has 4 N–H and O–H groups in total. The average Bonchev–Trinajstić information content (AvgIpc) is 2.52. The number of nitrogen functional groups attached to an aromatic ring is 2. The van der Waals surface area contributed by atoms with Gasteiger partial charge in [0.15, 0.2) is 0 Å². The van der Waals surface area contributed by atoms with Crippen molar-refractivity contribution in [2.75, 3.05) is 11.5 Å². The second-order valence-corrected chi connectivity index (χ2v) is 5.63. The number of alkyl halides is 6. The molecule has 0 heterocycles. The van der Waals surface area contributed by atoms with Crippen LogP contribution in [0.5, 0.6) is 0 Å². The van der Waals surface area contributed by atoms with Crippen molar-refractivity contribution in [1.29, 1.82) is 0 Å². The SMILES string of the molecule is CCc1cc(N)cc(C(F)(F)F)c1.CCc1cc(N)cc(C(F)(F)F)c1. The Kier molecular flexibility index (Phi) is 6.94. The van der Waals surface area contributed by atoms with Crippen LogP contribution in [0.4, 0.5) is 37.7 Å². The van der Waals surface area contributed by atoms with E-state index < -0.39 is 23.5 Å². The molecule has 144 valence electrons. The topological polar surface area (TPSA) is 52.0 Å². The monoisotopic (exact) mass is 378 g/mol. The molecule has 2 aromatic rings. The van der Waals surface area contributed by atoms with Crippen molar-refractivity contribution in [2.45, 2.75) is 39.0 Å². The fourth-order valence-electron chi connectivity index (χ4n) is 2.17. The summed E-state index contributed by atoms with van der Waals surface area (Å²) in [5.41, 5.74) is 10.8. The quantitative estimate of drug-likeness (QED) is 0.520. The van der Waals surface area contributed by atoms with Crippen molar-refractivity contribution in [2.24, 2.45) is 0 Å². The zero-order valence-electron chi connectivity index (χ0n) is 14.3. The van der Waals surface area contributed by atoms with Gasteiger partial charge in [-0.2, -0.15) is 26.3 Å². The Balaban J connectivity index is 0.000000260. The Labute approximate surface area is 147 Å². The van der Waals surface area contributed by atoms with Gasteiger partial charge in [0, 0.05) is 11.4 Å². The first-order valence-corrected chi connectivity index (χ1v) is 7.80. The Bertz CT molecular complexity index is 672. The van der Waals surface area contributed by atoms with E-state index in [4.69, 9.17) is 11.5 Å². The van der Waals surface area contributed by atoms with Crippen LogP contribution in [0.2, 0.25) is 0 Å². The van der Waals surface area contributed by atoms with Crippen molar-refractivity contribution in [3.05, 3.63) is 58.7 Å². The summed E-state index contributed by atoms with van der Waals surface area (Å²) in [5.74, 6) is 0. The molecule has 2 aromatic carbocycles. The smallest absolute Gasteiger partial charge is 0.399 e. The summed E-state index contributed by atoms with van der Waals surface area (Å²) in [7, 11) is 0. The van der Waals surface area contributed by atoms with Gasteiger partial charge in [-0.25, -0.2) is 0 Å². The van der Waals surface area contributed by atoms with Gasteiger partial charge in [-0.05, 0) is 60.4 Å². The van der Waals surface area contributed by atoms with E-state index in [0.717, 1.165) is 24.3 Å². The second-order valence-electron chi connectivity index (χ2n) is 5.63. The van der Waals surface area contributed by atoms with Crippen molar-refractivity contribution >= 4 is 11.4 Å². The number of anilines is 2. The molecule has 0 bridgehead atoms. The highest BCUT2D eigenvalue weighted by Crippen LogP contribution is 2.32. The second kappa shape index (κ2) is 8.33. The van der Waals surface area contributed by atoms with E-state index in [1.54, 1.807) is 26.0 Å². The number of benzene rings is 2. The standard InChI is InChI=1S/2C9H10F3N/c2*1-2-6-3-7(9(10,11)12)5-8(13)4-6/h2*3-5H,2,13H2,1H3. The third-order valence-corrected chi connectivity index (χ3v) is 3.50. The molecule has 0 saturated heterocycles. The molecule has 0 fully saturated rings. The molecule has 8 heteroatoms. The average molecular weight is 378 g/mol. The summed E-state index contributed by atoms with van der Waals surface area (Å²) in [5, 5.41) is 0. The molecule has 0 atom stereocenters. The van der Waals surface area contributed by atoms with E-state index in [0.29, 0.717) is 24.0 Å². The van der Waals surface area contributed by atoms with Gasteiger partial charge < -0.3 is 11.5 Å². The fourth-order valence-corrected chi connectivity index (χ4v) is 2.17. The molecule has 0 saturated carbocycles. The minimum absolute atomic E-state index is 0.159. The van der Waals surface area contributed by atoms with Gasteiger partial charge in [0.1, 0.15) is 0 Å². The minimum atomic E-state index is -4.31. The first kappa shape index (κ1) is 21.7. The highest BCUT2D eigenvalue weighted by molar-refractivity contribution is 5.46. The summed E-state index contributed by atoms with van der Waals surface area (Å²) in [6, 6.07) is 7.23. The van der Waals surface area contributed by atoms with Crippen LogP contribution in [0.1, 0.15) is 36.1 Å². The van der Waals surface area contributed by atoms with Gasteiger partial charge in [-0.1, -0.05) is 13.8 Å². The van der Waals surface area contributed by atoms with Crippen LogP contribution >= 0.6 is 0 Å². The van der Waals surface area contributed by atoms with Crippen LogP contribution in [0, 0.1) is 0 Å². The third-order valence-electron chi connectivity index (χ3n) is 3.50. The summed E-state index contributed by atoms with van der Waals surface area (Å²) in [4.78, 5) is 0. The van der Waals surface area contributed by atoms with Crippen molar-refractivity contribution in [1.82, 2.24) is 0 Å². The lowest BCUT2D eigenvalue weighted by atomic mass is 10.1. The molecule has 0 radical (unpaired) electrons. The highest BCUT2D eigenvalue weighted by atomic mass is 19.4. The summed E-state index contributed by atoms with van der Waals surface area (Å²) >= 11 is 0. The molecule has 0 spiro atoms. The van der Waals surface area contributed by atoms with Crippen LogP contribution in [-0.2, 0) is 25.2 Å². The molecule has 0 aromatic heterocycles. The highest BCUT2D eigenvalue weighted by Gasteiger charge is 2.31. The van der Waals surface area contributed by atoms with Crippen LogP contribution < -0.4 is 11.5 Å². The van der Waals surface area contributed by atoms with E-state index >= 15 is 0 Å². The maximum absolute atomic E-state index is 12.2. The maximum Gasteiger partial charge on any atom is 0.416 e. The van der Waals surface area contributed by atoms with E-state index in [9.17, 15) is 26.3 Å². The fraction of sp³-hybridized carbons (Fsp3) is 0.333. The van der Waals surface area contributed by atoms with E-state index in [1.165, 1.54) is 0 Å². The van der Waals surface area contributed by atoms with Crippen LogP contribution in [0.25, 0.3) is 0 Å². The number of nitrogens with two attached hydrogens (primary N) is 2. The van der Waals surface area contributed by atoms with Gasteiger partial charge in [-0.15, -0.1) is 0 Å². The normalized spacial score (nSPS) is 11.7. The number of hydrogen-bond acceptors (Lipinski definition) is 2. The molecular formula is C18H20F6N2. The Morgan fingerprint density at radius 2 is 0.923 bits per heavy atom. The summed E-state index contributed by atoms with van der Waals surface area (Å²) in [6.07, 6.45) is -7.51. The number of aryl methyl sites for hydroxylation is 2. The first-order chi connectivity index (χ1) is 11.9. The van der Waals surface area contributed by atoms with Gasteiger partial charge in [-0.3, -0.25) is 0 Å². The van der Waals surface area contributed by atoms with Crippen molar-refractivity contribution in [3.8, 4) is 0 Å². The Morgan fingerprint density at radius 3 is 1.15 bits per heavy atom. The lowest BCUT2D eigenvalue weighted by Crippen LogP contribution is -2.06. The molecule has 0 aliphatic heterocycles. The molecule has 2 nitrogen and oxygen atoms in total. The minimum Gasteiger partial charge on any atom is -0.399 e. The number of rotatable bonds is 2. The van der Waals surface area contributed by atoms with Crippen LogP contribution in [-0.4, -0.2) is 0 Å². The van der Waals surface area contributed by atoms with Crippen molar-refractivity contribution in [3.63, 3.8) is 0 Å². The molecule has 2 rings (SSSR count). The lowest BCUT2D eigenvalue weighted by molar-refractivity contribution is -0.138. The van der Waals surface area contributed by atoms with E-state index in [1.807, 2.05) is 0 Å². The first-order valence-electron chi connectivity index (χ1n) is 7.80. The Morgan fingerprint density at radius 1 is 0.615 bits per heavy atom. The van der Waals surface area contributed by atoms with Gasteiger partial charge in [0.25, 0.3) is 0 Å². The molecule has 0 aliphatic carbocycles. The zero-order chi connectivity index (χ0) is 20.1. The van der Waals surface area contributed by atoms with E-state index in [2.05, 4.69) is 0 Å². The predicted octanol–water partition coefficient (Wildman–Crippen LogP) is 5.70. The molecule has 26 heavy (non-hydrogen) atoms. The van der Waals surface area contributed by atoms with Crippen molar-refractivity contribution < 1.29 is 26.3 Å². The van der Waals surface area contributed by atoms with Gasteiger partial charge >= 0.3 is 12.4 Å². The largest absolute Gasteiger partial charge is 0.416 e. The maximum atomic E-state index is 12.2. The van der Waals surface area contributed by atoms with Gasteiger partial charge in [0.2, 0.25) is 0 Å². The lowest BCUT2D eigenvalue weighted by Gasteiger charge is -2.09. The molecule has 0 unspecified atom stereocenters. The van der Waals surface area contributed by atoms with E-state index in [-0.39, 0.29) is 11.4 Å². The zero-order valence-corrected chi connectivity index (χ0v) is 14.3. The summed E-state index contributed by atoms with van der Waals surface area (Å²) in [6.45, 7) is 3.57. The molecule has 0 amide bonds. The molecule has 0 aliphatic rings.